The summed E-state index contributed by atoms with van der Waals surface area (Å²) in [4.78, 5) is 6.57. The SMILES string of the molecule is Cn1c(Cn2ccnc2)nnc1[C@@H]1CCCN(Cc2cc3ccccc3o2)C1. The number of nitrogens with zero attached hydrogens (tertiary/aromatic N) is 6. The third-order valence-corrected chi connectivity index (χ3v) is 5.61. The topological polar surface area (TPSA) is 64.9 Å². The first-order valence-corrected chi connectivity index (χ1v) is 9.80. The Labute approximate surface area is 163 Å². The molecule has 0 bridgehead atoms. The Hall–Kier alpha value is -2.93. The molecule has 7 nitrogen and oxygen atoms in total. The summed E-state index contributed by atoms with van der Waals surface area (Å²) in [6, 6.07) is 10.3. The highest BCUT2D eigenvalue weighted by atomic mass is 16.3. The predicted molar refractivity (Wildman–Crippen MR) is 106 cm³/mol. The highest BCUT2D eigenvalue weighted by molar-refractivity contribution is 5.77. The Morgan fingerprint density at radius 1 is 1.18 bits per heavy atom. The van der Waals surface area contributed by atoms with Crippen LogP contribution in [0.15, 0.2) is 53.5 Å². The van der Waals surface area contributed by atoms with Gasteiger partial charge in [0.1, 0.15) is 17.2 Å². The number of hydrogen-bond donors (Lipinski definition) is 0. The number of fused-ring (bicyclic) bond motifs is 1. The average molecular weight is 376 g/mol. The normalized spacial score (nSPS) is 18.1. The molecule has 1 aliphatic rings. The van der Waals surface area contributed by atoms with E-state index in [0.717, 1.165) is 55.5 Å². The minimum Gasteiger partial charge on any atom is -0.460 e. The zero-order valence-electron chi connectivity index (χ0n) is 16.0. The number of piperidine rings is 1. The fourth-order valence-corrected chi connectivity index (χ4v) is 4.16. The highest BCUT2D eigenvalue weighted by Crippen LogP contribution is 2.28. The lowest BCUT2D eigenvalue weighted by atomic mass is 9.97. The van der Waals surface area contributed by atoms with Crippen molar-refractivity contribution >= 4 is 11.0 Å². The van der Waals surface area contributed by atoms with Crippen molar-refractivity contribution in [2.24, 2.45) is 7.05 Å². The molecule has 0 saturated carbocycles. The van der Waals surface area contributed by atoms with E-state index in [0.29, 0.717) is 12.5 Å². The molecule has 5 rings (SSSR count). The largest absolute Gasteiger partial charge is 0.460 e. The molecule has 28 heavy (non-hydrogen) atoms. The molecule has 0 amide bonds. The summed E-state index contributed by atoms with van der Waals surface area (Å²) in [5.74, 6) is 3.46. The Morgan fingerprint density at radius 2 is 2.11 bits per heavy atom. The van der Waals surface area contributed by atoms with Crippen molar-refractivity contribution in [2.45, 2.75) is 31.8 Å². The van der Waals surface area contributed by atoms with Crippen LogP contribution >= 0.6 is 0 Å². The first kappa shape index (κ1) is 17.2. The minimum absolute atomic E-state index is 0.396. The van der Waals surface area contributed by atoms with Gasteiger partial charge in [0.25, 0.3) is 0 Å². The van der Waals surface area contributed by atoms with Crippen LogP contribution < -0.4 is 0 Å². The summed E-state index contributed by atoms with van der Waals surface area (Å²) >= 11 is 0. The van der Waals surface area contributed by atoms with Crippen molar-refractivity contribution in [3.63, 3.8) is 0 Å². The molecule has 1 aliphatic heterocycles. The Bertz CT molecular complexity index is 1030. The molecular weight excluding hydrogens is 352 g/mol. The van der Waals surface area contributed by atoms with Gasteiger partial charge in [0.05, 0.1) is 19.4 Å². The number of imidazole rings is 1. The van der Waals surface area contributed by atoms with Crippen LogP contribution in [0, 0.1) is 0 Å². The number of aromatic nitrogens is 5. The van der Waals surface area contributed by atoms with Gasteiger partial charge >= 0.3 is 0 Å². The van der Waals surface area contributed by atoms with Gasteiger partial charge in [-0.3, -0.25) is 4.90 Å². The molecule has 1 saturated heterocycles. The van der Waals surface area contributed by atoms with Crippen LogP contribution in [0.5, 0.6) is 0 Å². The number of rotatable bonds is 5. The summed E-state index contributed by atoms with van der Waals surface area (Å²) < 4.78 is 10.2. The first-order chi connectivity index (χ1) is 13.8. The molecule has 0 aliphatic carbocycles. The van der Waals surface area contributed by atoms with E-state index in [-0.39, 0.29) is 0 Å². The van der Waals surface area contributed by atoms with Gasteiger partial charge in [-0.1, -0.05) is 18.2 Å². The molecule has 1 aromatic carbocycles. The van der Waals surface area contributed by atoms with Crippen molar-refractivity contribution < 1.29 is 4.42 Å². The van der Waals surface area contributed by atoms with Gasteiger partial charge in [-0.25, -0.2) is 4.98 Å². The molecule has 7 heteroatoms. The quantitative estimate of drug-likeness (QED) is 0.535. The lowest BCUT2D eigenvalue weighted by molar-refractivity contribution is 0.183. The molecule has 0 unspecified atom stereocenters. The van der Waals surface area contributed by atoms with E-state index >= 15 is 0 Å². The zero-order chi connectivity index (χ0) is 18.9. The average Bonchev–Trinajstić information content (AvgIpc) is 3.43. The van der Waals surface area contributed by atoms with Crippen molar-refractivity contribution in [3.05, 3.63) is 66.5 Å². The highest BCUT2D eigenvalue weighted by Gasteiger charge is 2.26. The molecule has 0 N–H and O–H groups in total. The van der Waals surface area contributed by atoms with Gasteiger partial charge in [0.15, 0.2) is 5.82 Å². The van der Waals surface area contributed by atoms with Gasteiger partial charge in [-0.15, -0.1) is 10.2 Å². The van der Waals surface area contributed by atoms with Gasteiger partial charge in [0, 0.05) is 37.3 Å². The van der Waals surface area contributed by atoms with Gasteiger partial charge < -0.3 is 13.6 Å². The number of benzene rings is 1. The molecule has 1 fully saturated rings. The van der Waals surface area contributed by atoms with E-state index in [4.69, 9.17) is 4.42 Å². The monoisotopic (exact) mass is 376 g/mol. The molecular formula is C21H24N6O. The van der Waals surface area contributed by atoms with E-state index < -0.39 is 0 Å². The number of furan rings is 1. The third kappa shape index (κ3) is 3.33. The molecule has 4 heterocycles. The second kappa shape index (κ2) is 7.24. The Balaban J connectivity index is 1.29. The maximum absolute atomic E-state index is 6.01. The number of likely N-dealkylation sites (tertiary alicyclic amines) is 1. The molecule has 0 spiro atoms. The fourth-order valence-electron chi connectivity index (χ4n) is 4.16. The number of hydrogen-bond acceptors (Lipinski definition) is 5. The minimum atomic E-state index is 0.396. The van der Waals surface area contributed by atoms with Crippen LogP contribution in [-0.2, 0) is 20.1 Å². The summed E-state index contributed by atoms with van der Waals surface area (Å²) in [7, 11) is 2.07. The maximum atomic E-state index is 6.01. The van der Waals surface area contributed by atoms with Gasteiger partial charge in [-0.2, -0.15) is 0 Å². The van der Waals surface area contributed by atoms with Crippen LogP contribution in [0.25, 0.3) is 11.0 Å². The molecule has 1 atom stereocenters. The van der Waals surface area contributed by atoms with Crippen LogP contribution in [-0.4, -0.2) is 42.3 Å². The Kier molecular flexibility index (Phi) is 4.44. The second-order valence-corrected chi connectivity index (χ2v) is 7.59. The third-order valence-electron chi connectivity index (χ3n) is 5.61. The number of para-hydroxylation sites is 1. The maximum Gasteiger partial charge on any atom is 0.152 e. The van der Waals surface area contributed by atoms with Crippen molar-refractivity contribution in [3.8, 4) is 0 Å². The van der Waals surface area contributed by atoms with E-state index in [2.05, 4.69) is 43.8 Å². The summed E-state index contributed by atoms with van der Waals surface area (Å²) in [6.07, 6.45) is 7.85. The molecule has 144 valence electrons. The van der Waals surface area contributed by atoms with Crippen LogP contribution in [0.4, 0.5) is 0 Å². The van der Waals surface area contributed by atoms with Crippen LogP contribution in [0.3, 0.4) is 0 Å². The van der Waals surface area contributed by atoms with E-state index in [1.54, 1.807) is 6.20 Å². The van der Waals surface area contributed by atoms with E-state index in [1.807, 2.05) is 35.3 Å². The summed E-state index contributed by atoms with van der Waals surface area (Å²) in [5.41, 5.74) is 0.962. The predicted octanol–water partition coefficient (Wildman–Crippen LogP) is 3.19. The van der Waals surface area contributed by atoms with E-state index in [1.165, 1.54) is 5.39 Å². The van der Waals surface area contributed by atoms with Crippen molar-refractivity contribution in [1.82, 2.24) is 29.2 Å². The van der Waals surface area contributed by atoms with E-state index in [9.17, 15) is 0 Å². The van der Waals surface area contributed by atoms with Crippen LogP contribution in [0.1, 0.15) is 36.2 Å². The molecule has 3 aromatic heterocycles. The van der Waals surface area contributed by atoms with Gasteiger partial charge in [0.2, 0.25) is 0 Å². The smallest absolute Gasteiger partial charge is 0.152 e. The molecule has 0 radical (unpaired) electrons. The Morgan fingerprint density at radius 3 is 2.96 bits per heavy atom. The van der Waals surface area contributed by atoms with Crippen molar-refractivity contribution in [1.29, 1.82) is 0 Å². The molecule has 4 aromatic rings. The first-order valence-electron chi connectivity index (χ1n) is 9.80. The van der Waals surface area contributed by atoms with Crippen LogP contribution in [0.2, 0.25) is 0 Å². The van der Waals surface area contributed by atoms with Crippen molar-refractivity contribution in [2.75, 3.05) is 13.1 Å². The fraction of sp³-hybridized carbons (Fsp3) is 0.381. The van der Waals surface area contributed by atoms with Gasteiger partial charge in [-0.05, 0) is 31.5 Å². The standard InChI is InChI=1S/C21H24N6O/c1-25-20(14-27-10-8-22-15-27)23-24-21(25)17-6-4-9-26(12-17)13-18-11-16-5-2-3-7-19(16)28-18/h2-3,5,7-8,10-11,15,17H,4,6,9,12-14H2,1H3/t17-/m1/s1. The second-order valence-electron chi connectivity index (χ2n) is 7.59. The lowest BCUT2D eigenvalue weighted by Crippen LogP contribution is -2.34. The summed E-state index contributed by atoms with van der Waals surface area (Å²) in [6.45, 7) is 3.60. The lowest BCUT2D eigenvalue weighted by Gasteiger charge is -2.31. The summed E-state index contributed by atoms with van der Waals surface area (Å²) in [5, 5.41) is 10.1. The zero-order valence-corrected chi connectivity index (χ0v) is 16.0.